The van der Waals surface area contributed by atoms with E-state index in [1.165, 1.54) is 11.1 Å². The minimum Gasteiger partial charge on any atom is -0.405 e. The monoisotopic (exact) mass is 495 g/mol. The second kappa shape index (κ2) is 11.5. The Bertz CT molecular complexity index is 928. The number of hydrogen-bond acceptors (Lipinski definition) is 4. The third-order valence-corrected chi connectivity index (χ3v) is 12.0. The van der Waals surface area contributed by atoms with Crippen molar-refractivity contribution < 1.29 is 14.0 Å². The molecule has 6 nitrogen and oxygen atoms in total. The Morgan fingerprint density at radius 2 is 1.43 bits per heavy atom. The van der Waals surface area contributed by atoms with E-state index >= 15 is 0 Å². The van der Waals surface area contributed by atoms with Crippen molar-refractivity contribution >= 4 is 20.1 Å². The number of carbonyl (C=O) groups excluding carboxylic acids is 2. The maximum absolute atomic E-state index is 12.7. The van der Waals surface area contributed by atoms with Crippen molar-refractivity contribution in [3.63, 3.8) is 0 Å². The molecule has 0 aromatic heterocycles. The van der Waals surface area contributed by atoms with Crippen molar-refractivity contribution in [3.05, 3.63) is 71.8 Å². The van der Waals surface area contributed by atoms with Crippen LogP contribution < -0.4 is 10.9 Å². The largest absolute Gasteiger partial charge is 0.405 e. The number of rotatable bonds is 9. The highest BCUT2D eigenvalue weighted by molar-refractivity contribution is 6.74. The lowest BCUT2D eigenvalue weighted by molar-refractivity contribution is -0.137. The van der Waals surface area contributed by atoms with Crippen LogP contribution >= 0.6 is 0 Å². The van der Waals surface area contributed by atoms with E-state index in [2.05, 4.69) is 98.1 Å². The van der Waals surface area contributed by atoms with Crippen LogP contribution in [0.3, 0.4) is 0 Å². The Morgan fingerprint density at radius 3 is 1.89 bits per heavy atom. The molecule has 0 radical (unpaired) electrons. The molecule has 3 rings (SSSR count). The summed E-state index contributed by atoms with van der Waals surface area (Å²) in [6, 6.07) is 21.2. The molecule has 1 atom stereocenters. The van der Waals surface area contributed by atoms with E-state index in [9.17, 15) is 9.59 Å². The summed E-state index contributed by atoms with van der Waals surface area (Å²) >= 11 is 0. The predicted molar refractivity (Wildman–Crippen MR) is 143 cm³/mol. The van der Waals surface area contributed by atoms with Crippen LogP contribution in [0, 0.1) is 5.92 Å². The van der Waals surface area contributed by atoms with Crippen molar-refractivity contribution in [2.45, 2.75) is 83.9 Å². The van der Waals surface area contributed by atoms with Crippen molar-refractivity contribution in [1.29, 1.82) is 0 Å². The van der Waals surface area contributed by atoms with Crippen LogP contribution in [0.5, 0.6) is 0 Å². The molecule has 1 saturated carbocycles. The van der Waals surface area contributed by atoms with E-state index in [-0.39, 0.29) is 22.8 Å². The lowest BCUT2D eigenvalue weighted by Gasteiger charge is -2.42. The number of carbonyl (C=O) groups is 2. The molecule has 1 aliphatic carbocycles. The van der Waals surface area contributed by atoms with Gasteiger partial charge in [-0.05, 0) is 49.0 Å². The first-order chi connectivity index (χ1) is 16.5. The highest BCUT2D eigenvalue weighted by atomic mass is 28.4. The second-order valence-corrected chi connectivity index (χ2v) is 16.0. The molecule has 190 valence electrons. The van der Waals surface area contributed by atoms with E-state index in [4.69, 9.17) is 4.43 Å². The summed E-state index contributed by atoms with van der Waals surface area (Å²) in [7, 11) is -2.07. The number of nitrogens with one attached hydrogen (secondary N) is 2. The molecular formula is C28H41N3O3Si. The van der Waals surface area contributed by atoms with Gasteiger partial charge in [0.1, 0.15) is 6.10 Å². The molecule has 0 saturated heterocycles. The summed E-state index contributed by atoms with van der Waals surface area (Å²) in [5.74, 6) is -0.548. The van der Waals surface area contributed by atoms with Crippen molar-refractivity contribution in [2.75, 3.05) is 0 Å². The fourth-order valence-corrected chi connectivity index (χ4v) is 5.39. The van der Waals surface area contributed by atoms with Gasteiger partial charge >= 0.3 is 0 Å². The third-order valence-electron chi connectivity index (χ3n) is 7.41. The molecule has 7 heteroatoms. The van der Waals surface area contributed by atoms with Gasteiger partial charge in [0.2, 0.25) is 5.91 Å². The summed E-state index contributed by atoms with van der Waals surface area (Å²) in [5.41, 5.74) is 7.73. The van der Waals surface area contributed by atoms with Gasteiger partial charge in [-0.25, -0.2) is 0 Å². The Morgan fingerprint density at radius 1 is 0.943 bits per heavy atom. The topological polar surface area (TPSA) is 70.7 Å². The first-order valence-corrected chi connectivity index (χ1v) is 15.5. The lowest BCUT2D eigenvalue weighted by Crippen LogP contribution is -2.55. The van der Waals surface area contributed by atoms with Crippen LogP contribution in [-0.4, -0.2) is 37.2 Å². The molecule has 1 unspecified atom stereocenters. The summed E-state index contributed by atoms with van der Waals surface area (Å²) in [5, 5.41) is 0.0110. The highest BCUT2D eigenvalue weighted by Gasteiger charge is 2.40. The lowest BCUT2D eigenvalue weighted by atomic mass is 9.78. The van der Waals surface area contributed by atoms with E-state index in [0.717, 1.165) is 25.9 Å². The number of hydrogen-bond donors (Lipinski definition) is 2. The summed E-state index contributed by atoms with van der Waals surface area (Å²) in [6.07, 6.45) is 0.937. The zero-order chi connectivity index (χ0) is 25.6. The molecule has 35 heavy (non-hydrogen) atoms. The second-order valence-electron chi connectivity index (χ2n) is 11.2. The van der Waals surface area contributed by atoms with E-state index in [1.807, 2.05) is 12.1 Å². The van der Waals surface area contributed by atoms with Crippen molar-refractivity contribution in [1.82, 2.24) is 15.8 Å². The number of nitrogens with zero attached hydrogens (tertiary/aromatic N) is 1. The van der Waals surface area contributed by atoms with E-state index in [1.54, 1.807) is 6.92 Å². The SMILES string of the molecule is CC(O[Si](C)(C)C(C)(C)C)C(=O)NNC(=O)C1CC(N(Cc2ccccc2)Cc2ccccc2)C1. The predicted octanol–water partition coefficient (Wildman–Crippen LogP) is 5.03. The van der Waals surface area contributed by atoms with Gasteiger partial charge in [0.25, 0.3) is 5.91 Å². The van der Waals surface area contributed by atoms with Gasteiger partial charge in [-0.2, -0.15) is 0 Å². The summed E-state index contributed by atoms with van der Waals surface area (Å²) in [4.78, 5) is 27.7. The fraction of sp³-hybridized carbons (Fsp3) is 0.500. The van der Waals surface area contributed by atoms with Gasteiger partial charge in [-0.3, -0.25) is 25.3 Å². The van der Waals surface area contributed by atoms with Gasteiger partial charge in [-0.15, -0.1) is 0 Å². The maximum Gasteiger partial charge on any atom is 0.265 e. The molecule has 0 bridgehead atoms. The number of benzene rings is 2. The molecule has 2 aromatic carbocycles. The van der Waals surface area contributed by atoms with Crippen LogP contribution in [0.2, 0.25) is 18.1 Å². The molecular weight excluding hydrogens is 454 g/mol. The number of hydrazine groups is 1. The third kappa shape index (κ3) is 7.50. The first kappa shape index (κ1) is 27.1. The normalized spacial score (nSPS) is 19.1. The van der Waals surface area contributed by atoms with Gasteiger partial charge in [-0.1, -0.05) is 81.4 Å². The Hall–Kier alpha value is -2.48. The van der Waals surface area contributed by atoms with Gasteiger partial charge in [0.15, 0.2) is 8.32 Å². The molecule has 2 aromatic rings. The minimum absolute atomic E-state index is 0.0110. The smallest absolute Gasteiger partial charge is 0.265 e. The van der Waals surface area contributed by atoms with E-state index in [0.29, 0.717) is 6.04 Å². The van der Waals surface area contributed by atoms with Crippen LogP contribution in [0.4, 0.5) is 0 Å². The van der Waals surface area contributed by atoms with Crippen molar-refractivity contribution in [2.24, 2.45) is 5.92 Å². The Labute approximate surface area is 211 Å². The Kier molecular flexibility index (Phi) is 8.91. The number of amides is 2. The van der Waals surface area contributed by atoms with Gasteiger partial charge < -0.3 is 4.43 Å². The Balaban J connectivity index is 1.51. The summed E-state index contributed by atoms with van der Waals surface area (Å²) < 4.78 is 6.13. The quantitative estimate of drug-likeness (QED) is 0.378. The van der Waals surface area contributed by atoms with E-state index < -0.39 is 14.4 Å². The van der Waals surface area contributed by atoms with Crippen LogP contribution in [-0.2, 0) is 27.1 Å². The van der Waals surface area contributed by atoms with Crippen LogP contribution in [0.25, 0.3) is 0 Å². The standard InChI is InChI=1S/C28H41N3O3Si/c1-21(34-35(5,6)28(2,3)4)26(32)29-30-27(33)24-17-25(18-24)31(19-22-13-9-7-10-14-22)20-23-15-11-8-12-16-23/h7-16,21,24-25H,17-20H2,1-6H3,(H,29,32)(H,30,33). The molecule has 1 aliphatic rings. The molecule has 0 aliphatic heterocycles. The minimum atomic E-state index is -2.07. The van der Waals surface area contributed by atoms with Crippen molar-refractivity contribution in [3.8, 4) is 0 Å². The van der Waals surface area contributed by atoms with Gasteiger partial charge in [0, 0.05) is 25.0 Å². The zero-order valence-corrected chi connectivity index (χ0v) is 23.0. The summed E-state index contributed by atoms with van der Waals surface area (Å²) in [6.45, 7) is 14.1. The average Bonchev–Trinajstić information content (AvgIpc) is 2.76. The van der Waals surface area contributed by atoms with Crippen LogP contribution in [0.1, 0.15) is 51.7 Å². The molecule has 0 spiro atoms. The zero-order valence-electron chi connectivity index (χ0n) is 22.0. The molecule has 2 amide bonds. The average molecular weight is 496 g/mol. The highest BCUT2D eigenvalue weighted by Crippen LogP contribution is 2.37. The molecule has 1 fully saturated rings. The van der Waals surface area contributed by atoms with Gasteiger partial charge in [0.05, 0.1) is 0 Å². The first-order valence-electron chi connectivity index (χ1n) is 12.6. The molecule has 2 N–H and O–H groups in total. The fourth-order valence-electron chi connectivity index (χ4n) is 4.05. The maximum atomic E-state index is 12.7. The van der Waals surface area contributed by atoms with Crippen LogP contribution in [0.15, 0.2) is 60.7 Å². The molecule has 0 heterocycles.